The number of hydrogen-bond acceptors (Lipinski definition) is 4. The van der Waals surface area contributed by atoms with Crippen LogP contribution in [0.25, 0.3) is 0 Å². The largest absolute Gasteiger partial charge is 0.496 e. The SMILES string of the molecule is CCNC(=NCc1ccccc1OC)NCc1cc(C(C)C)no1.I. The molecule has 0 saturated heterocycles. The summed E-state index contributed by atoms with van der Waals surface area (Å²) in [4.78, 5) is 4.60. The van der Waals surface area contributed by atoms with Gasteiger partial charge in [-0.15, -0.1) is 24.0 Å². The highest BCUT2D eigenvalue weighted by Crippen LogP contribution is 2.18. The standard InChI is InChI=1S/C18H26N4O2.HI/c1-5-19-18(20-11-14-8-6-7-9-17(14)23-4)21-12-15-10-16(13(2)3)22-24-15;/h6-10,13H,5,11-12H2,1-4H3,(H2,19,20,21);1H. The Morgan fingerprint density at radius 1 is 1.28 bits per heavy atom. The highest BCUT2D eigenvalue weighted by Gasteiger charge is 2.08. The first kappa shape index (κ1) is 21.3. The minimum Gasteiger partial charge on any atom is -0.496 e. The molecule has 0 spiro atoms. The molecular formula is C18H27IN4O2. The van der Waals surface area contributed by atoms with Crippen molar-refractivity contribution in [1.82, 2.24) is 15.8 Å². The minimum absolute atomic E-state index is 0. The number of halogens is 1. The minimum atomic E-state index is 0. The summed E-state index contributed by atoms with van der Waals surface area (Å²) in [5.74, 6) is 2.72. The van der Waals surface area contributed by atoms with E-state index in [0.29, 0.717) is 19.0 Å². The van der Waals surface area contributed by atoms with E-state index >= 15 is 0 Å². The predicted octanol–water partition coefficient (Wildman–Crippen LogP) is 3.68. The molecule has 1 aromatic carbocycles. The van der Waals surface area contributed by atoms with Crippen molar-refractivity contribution in [3.8, 4) is 5.75 Å². The fourth-order valence-corrected chi connectivity index (χ4v) is 2.19. The number of nitrogens with zero attached hydrogens (tertiary/aromatic N) is 2. The van der Waals surface area contributed by atoms with Gasteiger partial charge in [-0.3, -0.25) is 0 Å². The van der Waals surface area contributed by atoms with Crippen LogP contribution in [0.5, 0.6) is 5.75 Å². The Bertz CT molecular complexity index is 671. The zero-order chi connectivity index (χ0) is 17.4. The summed E-state index contributed by atoms with van der Waals surface area (Å²) in [5, 5.41) is 10.6. The molecular weight excluding hydrogens is 431 g/mol. The van der Waals surface area contributed by atoms with E-state index in [1.807, 2.05) is 37.3 Å². The fraction of sp³-hybridized carbons (Fsp3) is 0.444. The average Bonchev–Trinajstić information content (AvgIpc) is 3.07. The number of aliphatic imine (C=N–C) groups is 1. The summed E-state index contributed by atoms with van der Waals surface area (Å²) in [6.45, 7) is 8.07. The summed E-state index contributed by atoms with van der Waals surface area (Å²) in [5.41, 5.74) is 2.00. The van der Waals surface area contributed by atoms with Crippen LogP contribution in [0.3, 0.4) is 0 Å². The Hall–Kier alpha value is -1.77. The van der Waals surface area contributed by atoms with Gasteiger partial charge in [0.15, 0.2) is 11.7 Å². The van der Waals surface area contributed by atoms with Crippen molar-refractivity contribution in [3.05, 3.63) is 47.3 Å². The number of ether oxygens (including phenoxy) is 1. The van der Waals surface area contributed by atoms with Gasteiger partial charge in [0.25, 0.3) is 0 Å². The number of rotatable bonds is 7. The van der Waals surface area contributed by atoms with E-state index in [2.05, 4.69) is 34.6 Å². The Morgan fingerprint density at radius 3 is 2.68 bits per heavy atom. The Kier molecular flexibility index (Phi) is 9.33. The van der Waals surface area contributed by atoms with Crippen molar-refractivity contribution in [2.24, 2.45) is 4.99 Å². The quantitative estimate of drug-likeness (QED) is 0.376. The molecule has 6 nitrogen and oxygen atoms in total. The molecule has 0 amide bonds. The van der Waals surface area contributed by atoms with Crippen LogP contribution in [-0.4, -0.2) is 24.8 Å². The third-order valence-corrected chi connectivity index (χ3v) is 3.54. The van der Waals surface area contributed by atoms with Crippen LogP contribution in [0.1, 0.15) is 43.7 Å². The molecule has 138 valence electrons. The summed E-state index contributed by atoms with van der Waals surface area (Å²) in [6.07, 6.45) is 0. The van der Waals surface area contributed by atoms with Crippen molar-refractivity contribution >= 4 is 29.9 Å². The maximum absolute atomic E-state index is 5.36. The molecule has 2 rings (SSSR count). The summed E-state index contributed by atoms with van der Waals surface area (Å²) < 4.78 is 10.7. The number of aromatic nitrogens is 1. The number of para-hydroxylation sites is 1. The lowest BCUT2D eigenvalue weighted by molar-refractivity contribution is 0.372. The van der Waals surface area contributed by atoms with E-state index in [0.717, 1.165) is 35.3 Å². The zero-order valence-corrected chi connectivity index (χ0v) is 17.5. The third-order valence-electron chi connectivity index (χ3n) is 3.54. The first-order valence-corrected chi connectivity index (χ1v) is 8.23. The number of nitrogens with one attached hydrogen (secondary N) is 2. The van der Waals surface area contributed by atoms with Crippen molar-refractivity contribution in [2.45, 2.75) is 39.8 Å². The van der Waals surface area contributed by atoms with Gasteiger partial charge in [0.2, 0.25) is 0 Å². The second-order valence-corrected chi connectivity index (χ2v) is 5.73. The van der Waals surface area contributed by atoms with Gasteiger partial charge in [-0.05, 0) is 18.9 Å². The predicted molar refractivity (Wildman–Crippen MR) is 111 cm³/mol. The molecule has 0 aliphatic heterocycles. The lowest BCUT2D eigenvalue weighted by atomic mass is 10.1. The Labute approximate surface area is 166 Å². The molecule has 0 bridgehead atoms. The van der Waals surface area contributed by atoms with E-state index in [1.165, 1.54) is 0 Å². The highest BCUT2D eigenvalue weighted by atomic mass is 127. The molecule has 0 fully saturated rings. The van der Waals surface area contributed by atoms with E-state index in [-0.39, 0.29) is 24.0 Å². The van der Waals surface area contributed by atoms with Crippen LogP contribution in [0, 0.1) is 0 Å². The second-order valence-electron chi connectivity index (χ2n) is 5.73. The van der Waals surface area contributed by atoms with Crippen LogP contribution in [-0.2, 0) is 13.1 Å². The molecule has 1 heterocycles. The summed E-state index contributed by atoms with van der Waals surface area (Å²) in [7, 11) is 1.67. The van der Waals surface area contributed by atoms with E-state index in [9.17, 15) is 0 Å². The topological polar surface area (TPSA) is 71.7 Å². The molecule has 2 aromatic rings. The van der Waals surface area contributed by atoms with Crippen LogP contribution in [0.4, 0.5) is 0 Å². The lowest BCUT2D eigenvalue weighted by Gasteiger charge is -2.11. The van der Waals surface area contributed by atoms with Gasteiger partial charge >= 0.3 is 0 Å². The monoisotopic (exact) mass is 458 g/mol. The number of guanidine groups is 1. The second kappa shape index (κ2) is 11.0. The summed E-state index contributed by atoms with van der Waals surface area (Å²) >= 11 is 0. The van der Waals surface area contributed by atoms with Gasteiger partial charge in [-0.25, -0.2) is 4.99 Å². The number of benzene rings is 1. The normalized spacial score (nSPS) is 11.2. The molecule has 0 unspecified atom stereocenters. The van der Waals surface area contributed by atoms with E-state index < -0.39 is 0 Å². The smallest absolute Gasteiger partial charge is 0.191 e. The van der Waals surface area contributed by atoms with Gasteiger partial charge < -0.3 is 19.9 Å². The molecule has 0 radical (unpaired) electrons. The van der Waals surface area contributed by atoms with Gasteiger partial charge in [-0.1, -0.05) is 37.2 Å². The van der Waals surface area contributed by atoms with Crippen molar-refractivity contribution in [2.75, 3.05) is 13.7 Å². The first-order valence-electron chi connectivity index (χ1n) is 8.23. The van der Waals surface area contributed by atoms with Crippen molar-refractivity contribution in [1.29, 1.82) is 0 Å². The Morgan fingerprint density at radius 2 is 2.04 bits per heavy atom. The van der Waals surface area contributed by atoms with E-state index in [1.54, 1.807) is 7.11 Å². The van der Waals surface area contributed by atoms with E-state index in [4.69, 9.17) is 9.26 Å². The van der Waals surface area contributed by atoms with Crippen molar-refractivity contribution in [3.63, 3.8) is 0 Å². The van der Waals surface area contributed by atoms with Gasteiger partial charge in [0.05, 0.1) is 25.9 Å². The number of hydrogen-bond donors (Lipinski definition) is 2. The van der Waals surface area contributed by atoms with Gasteiger partial charge in [0, 0.05) is 18.2 Å². The average molecular weight is 458 g/mol. The molecule has 0 atom stereocenters. The molecule has 0 aliphatic rings. The molecule has 1 aromatic heterocycles. The van der Waals surface area contributed by atoms with Crippen molar-refractivity contribution < 1.29 is 9.26 Å². The summed E-state index contributed by atoms with van der Waals surface area (Å²) in [6, 6.07) is 9.85. The molecule has 0 aliphatic carbocycles. The maximum atomic E-state index is 5.36. The van der Waals surface area contributed by atoms with Crippen LogP contribution < -0.4 is 15.4 Å². The lowest BCUT2D eigenvalue weighted by Crippen LogP contribution is -2.36. The maximum Gasteiger partial charge on any atom is 0.191 e. The molecule has 0 saturated carbocycles. The molecule has 7 heteroatoms. The first-order chi connectivity index (χ1) is 11.6. The van der Waals surface area contributed by atoms with Crippen LogP contribution >= 0.6 is 24.0 Å². The third kappa shape index (κ3) is 6.56. The van der Waals surface area contributed by atoms with Crippen LogP contribution in [0.15, 0.2) is 39.8 Å². The number of methoxy groups -OCH3 is 1. The fourth-order valence-electron chi connectivity index (χ4n) is 2.19. The van der Waals surface area contributed by atoms with Gasteiger partial charge in [0.1, 0.15) is 5.75 Å². The highest BCUT2D eigenvalue weighted by molar-refractivity contribution is 14.0. The molecule has 25 heavy (non-hydrogen) atoms. The van der Waals surface area contributed by atoms with Gasteiger partial charge in [-0.2, -0.15) is 0 Å². The van der Waals surface area contributed by atoms with Crippen LogP contribution in [0.2, 0.25) is 0 Å². The Balaban J connectivity index is 0.00000312. The zero-order valence-electron chi connectivity index (χ0n) is 15.2. The molecule has 2 N–H and O–H groups in total.